The molecule has 1 rings (SSSR count). The third kappa shape index (κ3) is 3.71. The molecule has 0 saturated carbocycles. The van der Waals surface area contributed by atoms with E-state index in [0.29, 0.717) is 11.1 Å². The Morgan fingerprint density at radius 3 is 2.67 bits per heavy atom. The van der Waals surface area contributed by atoms with E-state index in [1.165, 1.54) is 11.8 Å². The van der Waals surface area contributed by atoms with Crippen LogP contribution >= 0.6 is 11.8 Å². The number of rotatable bonds is 6. The van der Waals surface area contributed by atoms with Crippen LogP contribution in [0.4, 0.5) is 0 Å². The highest BCUT2D eigenvalue weighted by Gasteiger charge is 2.21. The van der Waals surface area contributed by atoms with Crippen LogP contribution in [-0.4, -0.2) is 47.4 Å². The van der Waals surface area contributed by atoms with Crippen LogP contribution in [0.25, 0.3) is 0 Å². The highest BCUT2D eigenvalue weighted by atomic mass is 32.2. The van der Waals surface area contributed by atoms with Crippen LogP contribution in [0.5, 0.6) is 0 Å². The molecule has 0 bridgehead atoms. The Balaban J connectivity index is 2.71. The zero-order valence-electron chi connectivity index (χ0n) is 11.4. The van der Waals surface area contributed by atoms with Gasteiger partial charge in [0.15, 0.2) is 0 Å². The molecule has 0 aromatic carbocycles. The maximum absolute atomic E-state index is 11.4. The lowest BCUT2D eigenvalue weighted by Crippen LogP contribution is -2.27. The third-order valence-electron chi connectivity index (χ3n) is 2.61. The number of nitrogens with zero attached hydrogens (tertiary/aromatic N) is 3. The molecule has 1 N–H and O–H groups in total. The fourth-order valence-electron chi connectivity index (χ4n) is 1.57. The van der Waals surface area contributed by atoms with E-state index < -0.39 is 0 Å². The average molecular weight is 272 g/mol. The van der Waals surface area contributed by atoms with Gasteiger partial charge in [-0.2, -0.15) is 0 Å². The number of carbonyl (C=O) groups is 1. The topological polar surface area (TPSA) is 71.3 Å². The minimum atomic E-state index is -0.247. The quantitative estimate of drug-likeness (QED) is 0.787. The first kappa shape index (κ1) is 15.0. The minimum absolute atomic E-state index is 0.0561. The number of thioether (sulfide) groups is 1. The van der Waals surface area contributed by atoms with Crippen LogP contribution in [0.3, 0.4) is 0 Å². The summed E-state index contributed by atoms with van der Waals surface area (Å²) in [6.07, 6.45) is 0.893. The Kier molecular flexibility index (Phi) is 5.61. The van der Waals surface area contributed by atoms with E-state index in [1.807, 2.05) is 19.0 Å². The molecule has 1 heterocycles. The molecular weight excluding hydrogens is 252 g/mol. The molecule has 0 radical (unpaired) electrons. The maximum atomic E-state index is 11.4. The van der Waals surface area contributed by atoms with Crippen LogP contribution in [0.2, 0.25) is 0 Å². The van der Waals surface area contributed by atoms with Gasteiger partial charge in [0, 0.05) is 7.05 Å². The van der Waals surface area contributed by atoms with Crippen molar-refractivity contribution in [2.45, 2.75) is 36.8 Å². The van der Waals surface area contributed by atoms with Crippen molar-refractivity contribution in [3.05, 3.63) is 5.89 Å². The normalized spacial score (nSPS) is 14.6. The summed E-state index contributed by atoms with van der Waals surface area (Å²) < 4.78 is 5.58. The van der Waals surface area contributed by atoms with Crippen LogP contribution in [0.1, 0.15) is 32.2 Å². The van der Waals surface area contributed by atoms with Gasteiger partial charge in [0.05, 0.1) is 11.3 Å². The number of hydrogen-bond donors (Lipinski definition) is 1. The largest absolute Gasteiger partial charge is 0.414 e. The molecule has 0 saturated heterocycles. The molecule has 0 spiro atoms. The standard InChI is InChI=1S/C11H20N4O2S/c1-6-8(15(4)5)10-13-14-11(17-10)18-7(2)9(16)12-3/h7-8H,6H2,1-5H3,(H,12,16)/t7-,8-/m1/s1. The first-order chi connectivity index (χ1) is 8.49. The Hall–Kier alpha value is -1.08. The van der Waals surface area contributed by atoms with Crippen molar-refractivity contribution in [2.24, 2.45) is 0 Å². The fraction of sp³-hybridized carbons (Fsp3) is 0.727. The van der Waals surface area contributed by atoms with Crippen LogP contribution in [-0.2, 0) is 4.79 Å². The van der Waals surface area contributed by atoms with Gasteiger partial charge in [-0.05, 0) is 27.4 Å². The van der Waals surface area contributed by atoms with Crippen molar-refractivity contribution >= 4 is 17.7 Å². The lowest BCUT2D eigenvalue weighted by Gasteiger charge is -2.18. The van der Waals surface area contributed by atoms with E-state index in [9.17, 15) is 4.79 Å². The molecule has 1 aromatic heterocycles. The maximum Gasteiger partial charge on any atom is 0.277 e. The van der Waals surface area contributed by atoms with E-state index in [-0.39, 0.29) is 17.2 Å². The van der Waals surface area contributed by atoms with Crippen molar-refractivity contribution in [1.29, 1.82) is 0 Å². The first-order valence-electron chi connectivity index (χ1n) is 5.87. The van der Waals surface area contributed by atoms with Crippen molar-refractivity contribution in [3.8, 4) is 0 Å². The molecule has 18 heavy (non-hydrogen) atoms. The Bertz CT molecular complexity index is 394. The number of carbonyl (C=O) groups excluding carboxylic acids is 1. The summed E-state index contributed by atoms with van der Waals surface area (Å²) in [6, 6.07) is 0.113. The second-order valence-corrected chi connectivity index (χ2v) is 5.46. The van der Waals surface area contributed by atoms with Gasteiger partial charge >= 0.3 is 0 Å². The molecule has 0 aliphatic rings. The van der Waals surface area contributed by atoms with E-state index in [1.54, 1.807) is 14.0 Å². The number of aromatic nitrogens is 2. The third-order valence-corrected chi connectivity index (χ3v) is 3.54. The van der Waals surface area contributed by atoms with Gasteiger partial charge in [0.25, 0.3) is 5.22 Å². The van der Waals surface area contributed by atoms with Crippen molar-refractivity contribution in [2.75, 3.05) is 21.1 Å². The van der Waals surface area contributed by atoms with E-state index >= 15 is 0 Å². The molecule has 102 valence electrons. The van der Waals surface area contributed by atoms with E-state index in [4.69, 9.17) is 4.42 Å². The summed E-state index contributed by atoms with van der Waals surface area (Å²) in [6.45, 7) is 3.87. The predicted octanol–water partition coefficient (Wildman–Crippen LogP) is 1.31. The van der Waals surface area contributed by atoms with Crippen molar-refractivity contribution in [1.82, 2.24) is 20.4 Å². The van der Waals surface area contributed by atoms with Crippen LogP contribution < -0.4 is 5.32 Å². The van der Waals surface area contributed by atoms with E-state index in [2.05, 4.69) is 22.4 Å². The second kappa shape index (κ2) is 6.75. The van der Waals surface area contributed by atoms with Crippen LogP contribution in [0.15, 0.2) is 9.64 Å². The van der Waals surface area contributed by atoms with Crippen molar-refractivity contribution in [3.63, 3.8) is 0 Å². The molecule has 0 aliphatic carbocycles. The molecule has 0 fully saturated rings. The highest BCUT2D eigenvalue weighted by molar-refractivity contribution is 8.00. The average Bonchev–Trinajstić information content (AvgIpc) is 2.76. The minimum Gasteiger partial charge on any atom is -0.414 e. The zero-order chi connectivity index (χ0) is 13.7. The zero-order valence-corrected chi connectivity index (χ0v) is 12.2. The lowest BCUT2D eigenvalue weighted by atomic mass is 10.2. The molecule has 6 nitrogen and oxygen atoms in total. The number of amides is 1. The van der Waals surface area contributed by atoms with Crippen molar-refractivity contribution < 1.29 is 9.21 Å². The van der Waals surface area contributed by atoms with E-state index in [0.717, 1.165) is 6.42 Å². The number of nitrogens with one attached hydrogen (secondary N) is 1. The van der Waals surface area contributed by atoms with Gasteiger partial charge in [-0.1, -0.05) is 18.7 Å². The second-order valence-electron chi connectivity index (χ2n) is 4.17. The lowest BCUT2D eigenvalue weighted by molar-refractivity contribution is -0.119. The van der Waals surface area contributed by atoms with Gasteiger partial charge in [0.1, 0.15) is 0 Å². The van der Waals surface area contributed by atoms with Crippen LogP contribution in [0, 0.1) is 0 Å². The Morgan fingerprint density at radius 1 is 1.50 bits per heavy atom. The highest BCUT2D eigenvalue weighted by Crippen LogP contribution is 2.26. The SMILES string of the molecule is CC[C@H](c1nnc(S[C@H](C)C(=O)NC)o1)N(C)C. The summed E-state index contributed by atoms with van der Waals surface area (Å²) in [4.78, 5) is 13.4. The van der Waals surface area contributed by atoms with Gasteiger partial charge in [0.2, 0.25) is 11.8 Å². The first-order valence-corrected chi connectivity index (χ1v) is 6.75. The fourth-order valence-corrected chi connectivity index (χ4v) is 2.32. The molecule has 1 amide bonds. The molecule has 1 aromatic rings. The Labute approximate surface area is 112 Å². The molecular formula is C11H20N4O2S. The summed E-state index contributed by atoms with van der Waals surface area (Å²) in [7, 11) is 5.55. The summed E-state index contributed by atoms with van der Waals surface area (Å²) in [5.41, 5.74) is 0. The molecule has 0 aliphatic heterocycles. The molecule has 2 atom stereocenters. The molecule has 0 unspecified atom stereocenters. The van der Waals surface area contributed by atoms with Gasteiger partial charge in [-0.15, -0.1) is 10.2 Å². The summed E-state index contributed by atoms with van der Waals surface area (Å²) in [5, 5.41) is 10.8. The number of hydrogen-bond acceptors (Lipinski definition) is 6. The summed E-state index contributed by atoms with van der Waals surface area (Å²) in [5.74, 6) is 0.536. The summed E-state index contributed by atoms with van der Waals surface area (Å²) >= 11 is 1.27. The van der Waals surface area contributed by atoms with Gasteiger partial charge < -0.3 is 9.73 Å². The van der Waals surface area contributed by atoms with Gasteiger partial charge in [-0.25, -0.2) is 0 Å². The Morgan fingerprint density at radius 2 is 2.17 bits per heavy atom. The predicted molar refractivity (Wildman–Crippen MR) is 70.4 cm³/mol. The van der Waals surface area contributed by atoms with Gasteiger partial charge in [-0.3, -0.25) is 9.69 Å². The smallest absolute Gasteiger partial charge is 0.277 e. The monoisotopic (exact) mass is 272 g/mol. The molecule has 7 heteroatoms.